The van der Waals surface area contributed by atoms with Crippen molar-refractivity contribution in [1.82, 2.24) is 4.57 Å². The van der Waals surface area contributed by atoms with Crippen LogP contribution in [-0.2, 0) is 16.1 Å². The van der Waals surface area contributed by atoms with Gasteiger partial charge in [-0.2, -0.15) is 13.2 Å². The Bertz CT molecular complexity index is 1990. The molecule has 0 fully saturated rings. The van der Waals surface area contributed by atoms with Crippen LogP contribution < -0.4 is 24.4 Å². The van der Waals surface area contributed by atoms with Crippen LogP contribution in [0.5, 0.6) is 11.5 Å². The number of nitrogens with zero attached hydrogens (tertiary/aromatic N) is 2. The SMILES string of the molecule is CCOC(=O)C1=C(C(F)(F)F)N=c2s/c(=C\c3cc(I)c(OCc4ccccc4Cl)c(OC)c3)c(=O)n2[C@H]1c1ccc(Cl)cc1. The third kappa shape index (κ3) is 6.93. The van der Waals surface area contributed by atoms with Gasteiger partial charge >= 0.3 is 12.1 Å². The lowest BCUT2D eigenvalue weighted by Crippen LogP contribution is -2.41. The first-order valence-electron chi connectivity index (χ1n) is 13.2. The molecule has 1 aliphatic rings. The van der Waals surface area contributed by atoms with Crippen LogP contribution in [0.3, 0.4) is 0 Å². The molecule has 0 unspecified atom stereocenters. The summed E-state index contributed by atoms with van der Waals surface area (Å²) in [6.45, 7) is 1.48. The quantitative estimate of drug-likeness (QED) is 0.145. The minimum atomic E-state index is -5.01. The molecule has 4 aromatic rings. The van der Waals surface area contributed by atoms with E-state index in [9.17, 15) is 22.8 Å². The third-order valence-corrected chi connectivity index (χ3v) is 9.07. The molecule has 0 bridgehead atoms. The van der Waals surface area contributed by atoms with Crippen molar-refractivity contribution in [1.29, 1.82) is 0 Å². The van der Waals surface area contributed by atoms with Gasteiger partial charge in [-0.3, -0.25) is 9.36 Å². The zero-order chi connectivity index (χ0) is 32.5. The Kier molecular flexibility index (Phi) is 9.97. The van der Waals surface area contributed by atoms with Gasteiger partial charge < -0.3 is 14.2 Å². The van der Waals surface area contributed by atoms with E-state index < -0.39 is 35.0 Å². The van der Waals surface area contributed by atoms with Crippen LogP contribution in [0.25, 0.3) is 6.08 Å². The second-order valence-electron chi connectivity index (χ2n) is 9.53. The zero-order valence-corrected chi connectivity index (χ0v) is 27.9. The van der Waals surface area contributed by atoms with E-state index in [1.807, 2.05) is 18.2 Å². The number of fused-ring (bicyclic) bond motifs is 1. The summed E-state index contributed by atoms with van der Waals surface area (Å²) in [4.78, 5) is 30.4. The molecule has 0 amide bonds. The Labute approximate surface area is 282 Å². The second-order valence-corrected chi connectivity index (χ2v) is 12.5. The van der Waals surface area contributed by atoms with Crippen molar-refractivity contribution in [3.05, 3.63) is 122 Å². The van der Waals surface area contributed by atoms with Crippen molar-refractivity contribution < 1.29 is 32.2 Å². The summed E-state index contributed by atoms with van der Waals surface area (Å²) in [6, 6.07) is 15.0. The van der Waals surface area contributed by atoms with E-state index in [-0.39, 0.29) is 28.1 Å². The normalized spacial score (nSPS) is 15.0. The highest BCUT2D eigenvalue weighted by atomic mass is 127. The van der Waals surface area contributed by atoms with E-state index in [2.05, 4.69) is 27.6 Å². The Balaban J connectivity index is 1.64. The molecule has 1 aromatic heterocycles. The van der Waals surface area contributed by atoms with Gasteiger partial charge in [-0.25, -0.2) is 9.79 Å². The molecule has 2 heterocycles. The van der Waals surface area contributed by atoms with Crippen LogP contribution in [0, 0.1) is 3.57 Å². The predicted molar refractivity (Wildman–Crippen MR) is 174 cm³/mol. The van der Waals surface area contributed by atoms with E-state index in [1.165, 1.54) is 44.4 Å². The van der Waals surface area contributed by atoms with E-state index in [0.717, 1.165) is 21.5 Å². The van der Waals surface area contributed by atoms with Crippen LogP contribution >= 0.6 is 57.1 Å². The molecule has 7 nitrogen and oxygen atoms in total. The van der Waals surface area contributed by atoms with Gasteiger partial charge in [0.15, 0.2) is 22.0 Å². The molecule has 1 atom stereocenters. The van der Waals surface area contributed by atoms with Crippen LogP contribution in [-0.4, -0.2) is 30.4 Å². The predicted octanol–water partition coefficient (Wildman–Crippen LogP) is 6.84. The first-order chi connectivity index (χ1) is 21.4. The molecule has 1 aliphatic heterocycles. The zero-order valence-electron chi connectivity index (χ0n) is 23.5. The van der Waals surface area contributed by atoms with Crippen LogP contribution in [0.15, 0.2) is 81.7 Å². The summed E-state index contributed by atoms with van der Waals surface area (Å²) in [5, 5.41) is 0.877. The molecule has 3 aromatic carbocycles. The average Bonchev–Trinajstić information content (AvgIpc) is 3.30. The summed E-state index contributed by atoms with van der Waals surface area (Å²) in [5.74, 6) is -0.404. The van der Waals surface area contributed by atoms with Gasteiger partial charge in [-0.05, 0) is 77.0 Å². The summed E-state index contributed by atoms with van der Waals surface area (Å²) < 4.78 is 61.4. The maximum atomic E-state index is 14.3. The van der Waals surface area contributed by atoms with Gasteiger partial charge in [0.1, 0.15) is 6.61 Å². The molecule has 234 valence electrons. The van der Waals surface area contributed by atoms with Gasteiger partial charge in [0, 0.05) is 15.6 Å². The van der Waals surface area contributed by atoms with Gasteiger partial charge in [0.25, 0.3) is 5.56 Å². The minimum Gasteiger partial charge on any atom is -0.493 e. The lowest BCUT2D eigenvalue weighted by atomic mass is 9.95. The van der Waals surface area contributed by atoms with Crippen LogP contribution in [0.1, 0.15) is 29.7 Å². The molecule has 0 N–H and O–H groups in total. The van der Waals surface area contributed by atoms with Crippen molar-refractivity contribution >= 4 is 69.2 Å². The van der Waals surface area contributed by atoms with Crippen LogP contribution in [0.4, 0.5) is 13.2 Å². The van der Waals surface area contributed by atoms with Gasteiger partial charge in [0.2, 0.25) is 0 Å². The molecule has 0 radical (unpaired) electrons. The standard InChI is InChI=1S/C31H22Cl2F3IN2O5S/c1-3-43-29(41)24-25(17-8-10-19(32)11-9-17)39-28(40)23(45-30(39)38-27(24)31(34,35)36)14-16-12-21(37)26(22(13-16)42-2)44-15-18-6-4-5-7-20(18)33/h4-14,25H,3,15H2,1-2H3/b23-14-/t25-/m0/s1. The highest BCUT2D eigenvalue weighted by molar-refractivity contribution is 14.1. The molecular weight excluding hydrogens is 767 g/mol. The fourth-order valence-corrected chi connectivity index (χ4v) is 6.78. The minimum absolute atomic E-state index is 0.0851. The van der Waals surface area contributed by atoms with E-state index in [1.54, 1.807) is 18.2 Å². The number of carbonyl (C=O) groups excluding carboxylic acids is 1. The highest BCUT2D eigenvalue weighted by Crippen LogP contribution is 2.39. The first-order valence-corrected chi connectivity index (χ1v) is 15.9. The van der Waals surface area contributed by atoms with Crippen molar-refractivity contribution in [2.75, 3.05) is 13.7 Å². The first kappa shape index (κ1) is 33.0. The molecule has 45 heavy (non-hydrogen) atoms. The number of carbonyl (C=O) groups is 1. The maximum Gasteiger partial charge on any atom is 0.434 e. The molecule has 0 aliphatic carbocycles. The Morgan fingerprint density at radius 1 is 1.13 bits per heavy atom. The fourth-order valence-electron chi connectivity index (χ4n) is 4.68. The fraction of sp³-hybridized carbons (Fsp3) is 0.194. The number of aromatic nitrogens is 1. The number of ether oxygens (including phenoxy) is 3. The molecular formula is C31H22Cl2F3IN2O5S. The number of benzene rings is 3. The van der Waals surface area contributed by atoms with Crippen LogP contribution in [0.2, 0.25) is 10.0 Å². The van der Waals surface area contributed by atoms with E-state index in [0.29, 0.717) is 30.7 Å². The lowest BCUT2D eigenvalue weighted by Gasteiger charge is -2.26. The third-order valence-electron chi connectivity index (χ3n) is 6.66. The highest BCUT2D eigenvalue weighted by Gasteiger charge is 2.45. The van der Waals surface area contributed by atoms with E-state index >= 15 is 0 Å². The average molecular weight is 789 g/mol. The number of methoxy groups -OCH3 is 1. The Morgan fingerprint density at radius 3 is 2.49 bits per heavy atom. The molecule has 5 rings (SSSR count). The summed E-state index contributed by atoms with van der Waals surface area (Å²) in [7, 11) is 1.47. The van der Waals surface area contributed by atoms with Gasteiger partial charge in [0.05, 0.1) is 33.4 Å². The number of alkyl halides is 3. The lowest BCUT2D eigenvalue weighted by molar-refractivity contribution is -0.140. The molecule has 0 spiro atoms. The second kappa shape index (κ2) is 13.6. The van der Waals surface area contributed by atoms with Crippen molar-refractivity contribution in [2.24, 2.45) is 4.99 Å². The summed E-state index contributed by atoms with van der Waals surface area (Å²) in [6.07, 6.45) is -3.49. The Morgan fingerprint density at radius 2 is 1.84 bits per heavy atom. The number of thiazole rings is 1. The monoisotopic (exact) mass is 788 g/mol. The van der Waals surface area contributed by atoms with Crippen molar-refractivity contribution in [2.45, 2.75) is 25.7 Å². The number of hydrogen-bond acceptors (Lipinski definition) is 7. The van der Waals surface area contributed by atoms with Crippen molar-refractivity contribution in [3.63, 3.8) is 0 Å². The maximum absolute atomic E-state index is 14.3. The Hall–Kier alpha value is -3.33. The van der Waals surface area contributed by atoms with E-state index in [4.69, 9.17) is 37.4 Å². The summed E-state index contributed by atoms with van der Waals surface area (Å²) in [5.41, 5.74) is -1.34. The molecule has 0 saturated heterocycles. The smallest absolute Gasteiger partial charge is 0.434 e. The molecule has 0 saturated carbocycles. The van der Waals surface area contributed by atoms with Gasteiger partial charge in [-0.1, -0.05) is 64.9 Å². The van der Waals surface area contributed by atoms with Crippen molar-refractivity contribution in [3.8, 4) is 11.5 Å². The largest absolute Gasteiger partial charge is 0.493 e. The number of esters is 1. The van der Waals surface area contributed by atoms with Gasteiger partial charge in [-0.15, -0.1) is 0 Å². The number of halogens is 6. The molecule has 14 heteroatoms. The number of hydrogen-bond donors (Lipinski definition) is 0. The number of rotatable bonds is 8. The topological polar surface area (TPSA) is 79.1 Å². The summed E-state index contributed by atoms with van der Waals surface area (Å²) >= 11 is 15.1. The number of allylic oxidation sites excluding steroid dienone is 1.